The minimum Gasteiger partial charge on any atom is -0.480 e. The van der Waals surface area contributed by atoms with E-state index in [2.05, 4.69) is 5.16 Å². The molecule has 84 valence electrons. The Kier molecular flexibility index (Phi) is 3.25. The molecule has 0 spiro atoms. The summed E-state index contributed by atoms with van der Waals surface area (Å²) in [6.45, 7) is 1.61. The standard InChI is InChI=1S/C8H12N2O5/c1-3-5(2-4(9)7(11)12)15-10-6(3)8(13)14/h3-5H,2,9H2,1H3,(H,11,12)(H,13,14)/t3-,4+,5+/m1/s1. The Morgan fingerprint density at radius 1 is 1.60 bits per heavy atom. The molecular weight excluding hydrogens is 204 g/mol. The first-order chi connectivity index (χ1) is 6.93. The zero-order valence-corrected chi connectivity index (χ0v) is 8.08. The van der Waals surface area contributed by atoms with Crippen LogP contribution in [0.25, 0.3) is 0 Å². The highest BCUT2D eigenvalue weighted by atomic mass is 16.6. The number of nitrogens with two attached hydrogens (primary N) is 1. The number of oxime groups is 1. The van der Waals surface area contributed by atoms with Gasteiger partial charge in [-0.1, -0.05) is 12.1 Å². The van der Waals surface area contributed by atoms with Crippen LogP contribution in [-0.2, 0) is 14.4 Å². The Morgan fingerprint density at radius 2 is 2.20 bits per heavy atom. The van der Waals surface area contributed by atoms with Crippen LogP contribution >= 0.6 is 0 Å². The lowest BCUT2D eigenvalue weighted by molar-refractivity contribution is -0.139. The molecule has 1 aliphatic rings. The summed E-state index contributed by atoms with van der Waals surface area (Å²) in [5, 5.41) is 20.6. The smallest absolute Gasteiger partial charge is 0.354 e. The lowest BCUT2D eigenvalue weighted by Gasteiger charge is -2.15. The SMILES string of the molecule is C[C@H]1C(C(=O)O)=NO[C@H]1C[C@H](N)C(=O)O. The lowest BCUT2D eigenvalue weighted by atomic mass is 9.95. The molecule has 7 nitrogen and oxygen atoms in total. The predicted octanol–water partition coefficient (Wildman–Crippen LogP) is -0.736. The third-order valence-corrected chi connectivity index (χ3v) is 2.30. The second-order valence-electron chi connectivity index (χ2n) is 3.39. The van der Waals surface area contributed by atoms with Crippen LogP contribution in [0.2, 0.25) is 0 Å². The molecule has 15 heavy (non-hydrogen) atoms. The molecule has 0 unspecified atom stereocenters. The second kappa shape index (κ2) is 4.26. The number of hydrogen-bond acceptors (Lipinski definition) is 5. The number of carboxylic acids is 2. The summed E-state index contributed by atoms with van der Waals surface area (Å²) in [6.07, 6.45) is -0.543. The highest BCUT2D eigenvalue weighted by molar-refractivity contribution is 6.36. The maximum Gasteiger partial charge on any atom is 0.354 e. The van der Waals surface area contributed by atoms with Gasteiger partial charge >= 0.3 is 11.9 Å². The van der Waals surface area contributed by atoms with Crippen LogP contribution in [0.3, 0.4) is 0 Å². The summed E-state index contributed by atoms with van der Waals surface area (Å²) in [6, 6.07) is -1.07. The van der Waals surface area contributed by atoms with E-state index in [0.29, 0.717) is 0 Å². The summed E-state index contributed by atoms with van der Waals surface area (Å²) >= 11 is 0. The van der Waals surface area contributed by atoms with E-state index in [1.54, 1.807) is 6.92 Å². The van der Waals surface area contributed by atoms with Crippen LogP contribution in [0, 0.1) is 5.92 Å². The number of carboxylic acid groups (broad SMARTS) is 2. The summed E-state index contributed by atoms with van der Waals surface area (Å²) in [5.74, 6) is -2.75. The number of hydrogen-bond donors (Lipinski definition) is 3. The molecule has 1 aliphatic heterocycles. The van der Waals surface area contributed by atoms with Crippen molar-refractivity contribution < 1.29 is 24.6 Å². The van der Waals surface area contributed by atoms with Gasteiger partial charge in [0.1, 0.15) is 12.1 Å². The molecular formula is C8H12N2O5. The molecule has 0 saturated carbocycles. The predicted molar refractivity (Wildman–Crippen MR) is 49.3 cm³/mol. The van der Waals surface area contributed by atoms with Gasteiger partial charge < -0.3 is 20.8 Å². The van der Waals surface area contributed by atoms with Gasteiger partial charge in [0.05, 0.1) is 0 Å². The van der Waals surface area contributed by atoms with Gasteiger partial charge in [0.2, 0.25) is 0 Å². The molecule has 7 heteroatoms. The average Bonchev–Trinajstić information content (AvgIpc) is 2.48. The molecule has 0 aromatic rings. The van der Waals surface area contributed by atoms with Gasteiger partial charge in [-0.25, -0.2) is 4.79 Å². The highest BCUT2D eigenvalue weighted by Gasteiger charge is 2.36. The van der Waals surface area contributed by atoms with Crippen LogP contribution < -0.4 is 5.73 Å². The van der Waals surface area contributed by atoms with Crippen molar-refractivity contribution in [2.24, 2.45) is 16.8 Å². The first-order valence-electron chi connectivity index (χ1n) is 4.39. The van der Waals surface area contributed by atoms with E-state index < -0.39 is 30.0 Å². The van der Waals surface area contributed by atoms with Gasteiger partial charge in [-0.15, -0.1) is 0 Å². The normalized spacial score (nSPS) is 26.7. The van der Waals surface area contributed by atoms with E-state index in [9.17, 15) is 9.59 Å². The van der Waals surface area contributed by atoms with Crippen LogP contribution in [0.4, 0.5) is 0 Å². The maximum absolute atomic E-state index is 10.6. The average molecular weight is 216 g/mol. The Bertz CT molecular complexity index is 314. The molecule has 3 atom stereocenters. The third-order valence-electron chi connectivity index (χ3n) is 2.30. The lowest BCUT2D eigenvalue weighted by Crippen LogP contribution is -2.37. The molecule has 0 aromatic carbocycles. The van der Waals surface area contributed by atoms with E-state index in [-0.39, 0.29) is 12.1 Å². The Balaban J connectivity index is 2.57. The zero-order chi connectivity index (χ0) is 11.6. The summed E-state index contributed by atoms with van der Waals surface area (Å²) in [7, 11) is 0. The van der Waals surface area contributed by atoms with Crippen molar-refractivity contribution in [2.75, 3.05) is 0 Å². The second-order valence-corrected chi connectivity index (χ2v) is 3.39. The van der Waals surface area contributed by atoms with Gasteiger partial charge in [0.15, 0.2) is 5.71 Å². The molecule has 1 heterocycles. The Labute approximate surface area is 85.5 Å². The van der Waals surface area contributed by atoms with Gasteiger partial charge in [-0.2, -0.15) is 0 Å². The fraction of sp³-hybridized carbons (Fsp3) is 0.625. The van der Waals surface area contributed by atoms with E-state index >= 15 is 0 Å². The van der Waals surface area contributed by atoms with Gasteiger partial charge in [0, 0.05) is 12.3 Å². The summed E-state index contributed by atoms with van der Waals surface area (Å²) < 4.78 is 0. The summed E-state index contributed by atoms with van der Waals surface area (Å²) in [4.78, 5) is 25.9. The summed E-state index contributed by atoms with van der Waals surface area (Å²) in [5.41, 5.74) is 5.20. The van der Waals surface area contributed by atoms with Crippen molar-refractivity contribution in [1.82, 2.24) is 0 Å². The molecule has 0 radical (unpaired) electrons. The van der Waals surface area contributed by atoms with Gasteiger partial charge in [-0.05, 0) is 0 Å². The molecule has 0 aliphatic carbocycles. The third kappa shape index (κ3) is 2.44. The topological polar surface area (TPSA) is 122 Å². The van der Waals surface area contributed by atoms with Crippen LogP contribution in [0.1, 0.15) is 13.3 Å². The minimum absolute atomic E-state index is 0.0385. The molecule has 1 rings (SSSR count). The monoisotopic (exact) mass is 216 g/mol. The van der Waals surface area contributed by atoms with Crippen molar-refractivity contribution in [2.45, 2.75) is 25.5 Å². The molecule has 0 bridgehead atoms. The van der Waals surface area contributed by atoms with Crippen LogP contribution in [-0.4, -0.2) is 40.0 Å². The number of carbonyl (C=O) groups is 2. The van der Waals surface area contributed by atoms with Gasteiger partial charge in [-0.3, -0.25) is 4.79 Å². The van der Waals surface area contributed by atoms with Gasteiger partial charge in [0.25, 0.3) is 0 Å². The highest BCUT2D eigenvalue weighted by Crippen LogP contribution is 2.21. The van der Waals surface area contributed by atoms with E-state index in [1.165, 1.54) is 0 Å². The van der Waals surface area contributed by atoms with E-state index in [1.807, 2.05) is 0 Å². The number of aliphatic carboxylic acids is 2. The first-order valence-corrected chi connectivity index (χ1v) is 4.39. The van der Waals surface area contributed by atoms with Crippen LogP contribution in [0.15, 0.2) is 5.16 Å². The van der Waals surface area contributed by atoms with Crippen molar-refractivity contribution >= 4 is 17.7 Å². The van der Waals surface area contributed by atoms with E-state index in [4.69, 9.17) is 20.8 Å². The van der Waals surface area contributed by atoms with Crippen molar-refractivity contribution in [3.8, 4) is 0 Å². The fourth-order valence-electron chi connectivity index (χ4n) is 1.31. The van der Waals surface area contributed by atoms with Crippen molar-refractivity contribution in [3.05, 3.63) is 0 Å². The largest absolute Gasteiger partial charge is 0.480 e. The molecule has 0 aromatic heterocycles. The Morgan fingerprint density at radius 3 is 2.60 bits per heavy atom. The fourth-order valence-corrected chi connectivity index (χ4v) is 1.31. The molecule has 4 N–H and O–H groups in total. The quantitative estimate of drug-likeness (QED) is 0.569. The zero-order valence-electron chi connectivity index (χ0n) is 8.08. The molecule has 0 amide bonds. The van der Waals surface area contributed by atoms with Crippen molar-refractivity contribution in [3.63, 3.8) is 0 Å². The first kappa shape index (κ1) is 11.4. The van der Waals surface area contributed by atoms with E-state index in [0.717, 1.165) is 0 Å². The van der Waals surface area contributed by atoms with Crippen molar-refractivity contribution in [1.29, 1.82) is 0 Å². The Hall–Kier alpha value is -1.63. The minimum atomic E-state index is -1.16. The molecule has 0 fully saturated rings. The molecule has 0 saturated heterocycles. The van der Waals surface area contributed by atoms with Crippen LogP contribution in [0.5, 0.6) is 0 Å². The number of nitrogens with zero attached hydrogens (tertiary/aromatic N) is 1. The number of rotatable bonds is 4. The maximum atomic E-state index is 10.6.